The molecule has 2 aliphatic rings. The Morgan fingerprint density at radius 1 is 1.36 bits per heavy atom. The number of amides is 1. The summed E-state index contributed by atoms with van der Waals surface area (Å²) in [5, 5.41) is 24.5. The van der Waals surface area contributed by atoms with Crippen molar-refractivity contribution < 1.29 is 23.8 Å². The van der Waals surface area contributed by atoms with Gasteiger partial charge in [0.25, 0.3) is 0 Å². The third-order valence-corrected chi connectivity index (χ3v) is 6.90. The number of aromatic nitrogens is 1. The Morgan fingerprint density at radius 2 is 2.11 bits per heavy atom. The molecule has 1 saturated heterocycles. The van der Waals surface area contributed by atoms with Crippen LogP contribution in [0.4, 0.5) is 10.1 Å². The standard InChI is InChI=1S/C25H30FN5O5/c1-14(32)29-11-20(28-8-3-7-27)15-6-9-30(12-15)22-19(26)10-17-21(24(22)36-2)31(16-4-5-16)13-18(23(17)33)25(34)35/h10,13,15-16,20,28H,3-6,8-9,11-12H2,1-2H3,(H,29,32)(H,34,35). The lowest BCUT2D eigenvalue weighted by Gasteiger charge is -2.27. The molecule has 10 nitrogen and oxygen atoms in total. The van der Waals surface area contributed by atoms with E-state index in [0.717, 1.165) is 25.3 Å². The first-order chi connectivity index (χ1) is 17.3. The van der Waals surface area contributed by atoms with Gasteiger partial charge in [0.15, 0.2) is 11.6 Å². The van der Waals surface area contributed by atoms with Gasteiger partial charge in [0, 0.05) is 57.8 Å². The Labute approximate surface area is 207 Å². The van der Waals surface area contributed by atoms with E-state index in [1.165, 1.54) is 20.2 Å². The molecule has 1 aromatic carbocycles. The van der Waals surface area contributed by atoms with E-state index in [2.05, 4.69) is 16.7 Å². The summed E-state index contributed by atoms with van der Waals surface area (Å²) in [4.78, 5) is 37.9. The number of aromatic carboxylic acids is 1. The van der Waals surface area contributed by atoms with E-state index < -0.39 is 22.8 Å². The van der Waals surface area contributed by atoms with Crippen molar-refractivity contribution in [2.75, 3.05) is 38.2 Å². The van der Waals surface area contributed by atoms with E-state index in [1.54, 1.807) is 4.57 Å². The zero-order valence-electron chi connectivity index (χ0n) is 20.3. The summed E-state index contributed by atoms with van der Waals surface area (Å²) < 4.78 is 23.0. The number of carboxylic acids is 1. The fourth-order valence-corrected chi connectivity index (χ4v) is 5.02. The molecule has 2 fully saturated rings. The number of pyridine rings is 1. The highest BCUT2D eigenvalue weighted by molar-refractivity contribution is 5.97. The number of methoxy groups -OCH3 is 1. The van der Waals surface area contributed by atoms with Gasteiger partial charge in [-0.15, -0.1) is 0 Å². The second-order valence-electron chi connectivity index (χ2n) is 9.35. The monoisotopic (exact) mass is 499 g/mol. The zero-order chi connectivity index (χ0) is 26.0. The minimum absolute atomic E-state index is 0.0163. The van der Waals surface area contributed by atoms with E-state index in [4.69, 9.17) is 10.00 Å². The lowest BCUT2D eigenvalue weighted by Crippen LogP contribution is -2.46. The molecule has 1 amide bonds. The Morgan fingerprint density at radius 3 is 2.72 bits per heavy atom. The molecule has 0 spiro atoms. The van der Waals surface area contributed by atoms with Crippen LogP contribution in [0.3, 0.4) is 0 Å². The third-order valence-electron chi connectivity index (χ3n) is 6.90. The van der Waals surface area contributed by atoms with Crippen LogP contribution in [-0.4, -0.2) is 60.9 Å². The normalized spacial score (nSPS) is 18.2. The number of fused-ring (bicyclic) bond motifs is 1. The fourth-order valence-electron chi connectivity index (χ4n) is 5.02. The number of nitriles is 1. The first kappa shape index (κ1) is 25.4. The van der Waals surface area contributed by atoms with Crippen LogP contribution in [0.2, 0.25) is 0 Å². The summed E-state index contributed by atoms with van der Waals surface area (Å²) in [6.45, 7) is 3.31. The number of carboxylic acid groups (broad SMARTS) is 1. The quantitative estimate of drug-likeness (QED) is 0.423. The predicted molar refractivity (Wildman–Crippen MR) is 131 cm³/mol. The SMILES string of the molecule is COc1c(N2CCC(C(CNC(C)=O)NCCC#N)C2)c(F)cc2c(=O)c(C(=O)O)cn(C3CC3)c12. The molecule has 1 aromatic heterocycles. The smallest absolute Gasteiger partial charge is 0.341 e. The Balaban J connectivity index is 1.72. The first-order valence-electron chi connectivity index (χ1n) is 12.0. The maximum atomic E-state index is 15.6. The Kier molecular flexibility index (Phi) is 7.45. The molecule has 0 bridgehead atoms. The van der Waals surface area contributed by atoms with E-state index in [-0.39, 0.29) is 40.7 Å². The molecule has 36 heavy (non-hydrogen) atoms. The van der Waals surface area contributed by atoms with Gasteiger partial charge in [0.2, 0.25) is 11.3 Å². The van der Waals surface area contributed by atoms with Crippen LogP contribution >= 0.6 is 0 Å². The number of hydrogen-bond donors (Lipinski definition) is 3. The highest BCUT2D eigenvalue weighted by Crippen LogP contribution is 2.44. The van der Waals surface area contributed by atoms with Crippen molar-refractivity contribution in [2.24, 2.45) is 5.92 Å². The van der Waals surface area contributed by atoms with Gasteiger partial charge in [-0.1, -0.05) is 0 Å². The minimum atomic E-state index is -1.35. The highest BCUT2D eigenvalue weighted by atomic mass is 19.1. The van der Waals surface area contributed by atoms with Gasteiger partial charge >= 0.3 is 5.97 Å². The summed E-state index contributed by atoms with van der Waals surface area (Å²) in [6.07, 6.45) is 4.05. The molecule has 1 aliphatic heterocycles. The molecule has 1 aliphatic carbocycles. The number of anilines is 1. The third kappa shape index (κ3) is 4.99. The van der Waals surface area contributed by atoms with Gasteiger partial charge in [-0.25, -0.2) is 9.18 Å². The van der Waals surface area contributed by atoms with Crippen LogP contribution in [0.25, 0.3) is 10.9 Å². The molecule has 2 heterocycles. The number of nitrogens with one attached hydrogen (secondary N) is 2. The van der Waals surface area contributed by atoms with Crippen molar-refractivity contribution in [3.05, 3.63) is 33.9 Å². The highest BCUT2D eigenvalue weighted by Gasteiger charge is 2.35. The lowest BCUT2D eigenvalue weighted by atomic mass is 9.98. The number of rotatable bonds is 10. The average molecular weight is 500 g/mol. The van der Waals surface area contributed by atoms with Crippen molar-refractivity contribution in [3.63, 3.8) is 0 Å². The van der Waals surface area contributed by atoms with Gasteiger partial charge in [0.05, 0.1) is 24.1 Å². The van der Waals surface area contributed by atoms with Crippen LogP contribution in [0.5, 0.6) is 5.75 Å². The first-order valence-corrected chi connectivity index (χ1v) is 12.0. The number of carbonyl (C=O) groups excluding carboxylic acids is 1. The van der Waals surface area contributed by atoms with Crippen molar-refractivity contribution in [1.29, 1.82) is 5.26 Å². The molecule has 2 unspecified atom stereocenters. The fraction of sp³-hybridized carbons (Fsp3) is 0.520. The number of ether oxygens (including phenoxy) is 1. The van der Waals surface area contributed by atoms with E-state index >= 15 is 4.39 Å². The molecule has 192 valence electrons. The van der Waals surface area contributed by atoms with Crippen LogP contribution in [0, 0.1) is 23.1 Å². The van der Waals surface area contributed by atoms with Gasteiger partial charge < -0.3 is 29.9 Å². The van der Waals surface area contributed by atoms with Crippen LogP contribution in [0.15, 0.2) is 17.1 Å². The van der Waals surface area contributed by atoms with Gasteiger partial charge in [-0.05, 0) is 31.2 Å². The molecular weight excluding hydrogens is 469 g/mol. The maximum absolute atomic E-state index is 15.6. The number of halogens is 1. The Bertz CT molecular complexity index is 1280. The van der Waals surface area contributed by atoms with Crippen molar-refractivity contribution in [2.45, 2.75) is 44.7 Å². The summed E-state index contributed by atoms with van der Waals surface area (Å²) >= 11 is 0. The molecule has 4 rings (SSSR count). The molecule has 3 N–H and O–H groups in total. The number of nitrogens with zero attached hydrogens (tertiary/aromatic N) is 3. The van der Waals surface area contributed by atoms with Gasteiger partial charge in [0.1, 0.15) is 11.3 Å². The molecule has 2 aromatic rings. The zero-order valence-corrected chi connectivity index (χ0v) is 20.3. The summed E-state index contributed by atoms with van der Waals surface area (Å²) in [6, 6.07) is 3.13. The van der Waals surface area contributed by atoms with Crippen LogP contribution in [-0.2, 0) is 4.79 Å². The van der Waals surface area contributed by atoms with Crippen LogP contribution in [0.1, 0.15) is 49.0 Å². The number of carbonyl (C=O) groups is 2. The molecule has 0 radical (unpaired) electrons. The topological polar surface area (TPSA) is 137 Å². The second kappa shape index (κ2) is 10.5. The lowest BCUT2D eigenvalue weighted by molar-refractivity contribution is -0.119. The predicted octanol–water partition coefficient (Wildman–Crippen LogP) is 2.02. The number of benzene rings is 1. The van der Waals surface area contributed by atoms with Crippen molar-refractivity contribution in [3.8, 4) is 11.8 Å². The molecule has 1 saturated carbocycles. The van der Waals surface area contributed by atoms with Crippen LogP contribution < -0.4 is 25.7 Å². The Hall–Kier alpha value is -3.65. The van der Waals surface area contributed by atoms with Gasteiger partial charge in [-0.2, -0.15) is 5.26 Å². The summed E-state index contributed by atoms with van der Waals surface area (Å²) in [5.41, 5.74) is -0.500. The molecular formula is C25H30FN5O5. The number of hydrogen-bond acceptors (Lipinski definition) is 7. The average Bonchev–Trinajstić information content (AvgIpc) is 3.57. The van der Waals surface area contributed by atoms with Crippen molar-refractivity contribution in [1.82, 2.24) is 15.2 Å². The molecule has 2 atom stereocenters. The largest absolute Gasteiger partial charge is 0.492 e. The van der Waals surface area contributed by atoms with E-state index in [9.17, 15) is 19.5 Å². The minimum Gasteiger partial charge on any atom is -0.492 e. The van der Waals surface area contributed by atoms with E-state index in [0.29, 0.717) is 38.1 Å². The van der Waals surface area contributed by atoms with Crippen molar-refractivity contribution >= 4 is 28.5 Å². The second-order valence-corrected chi connectivity index (χ2v) is 9.35. The van der Waals surface area contributed by atoms with Gasteiger partial charge in [-0.3, -0.25) is 9.59 Å². The summed E-state index contributed by atoms with van der Waals surface area (Å²) in [5.74, 6) is -1.88. The summed E-state index contributed by atoms with van der Waals surface area (Å²) in [7, 11) is 1.42. The molecule has 11 heteroatoms. The maximum Gasteiger partial charge on any atom is 0.341 e. The van der Waals surface area contributed by atoms with E-state index in [1.807, 2.05) is 4.90 Å².